The van der Waals surface area contributed by atoms with Crippen molar-refractivity contribution in [2.75, 3.05) is 11.4 Å². The molecule has 0 saturated carbocycles. The molecule has 0 radical (unpaired) electrons. The Morgan fingerprint density at radius 1 is 1.09 bits per heavy atom. The first-order valence-electron chi connectivity index (χ1n) is 6.91. The molecule has 0 aliphatic heterocycles. The summed E-state index contributed by atoms with van der Waals surface area (Å²) in [5.41, 5.74) is 0.836. The van der Waals surface area contributed by atoms with Gasteiger partial charge < -0.3 is 14.7 Å². The molecule has 0 saturated heterocycles. The molecule has 0 aliphatic carbocycles. The standard InChI is InChI=1S/C17H17NO4/c1-3-18(12(2)19)13-8-10-14(11-9-13)22-17(21)15-6-4-5-7-16(15)20/h4-11,20H,3H2,1-2H3. The summed E-state index contributed by atoms with van der Waals surface area (Å²) in [6.45, 7) is 3.94. The molecule has 5 heteroatoms. The molecule has 5 nitrogen and oxygen atoms in total. The van der Waals surface area contributed by atoms with E-state index in [9.17, 15) is 14.7 Å². The maximum Gasteiger partial charge on any atom is 0.347 e. The predicted octanol–water partition coefficient (Wildman–Crippen LogP) is 2.98. The number of para-hydroxylation sites is 1. The number of nitrogens with zero attached hydrogens (tertiary/aromatic N) is 1. The number of carbonyl (C=O) groups excluding carboxylic acids is 2. The highest BCUT2D eigenvalue weighted by atomic mass is 16.5. The Bertz CT molecular complexity index is 679. The molecule has 1 amide bonds. The number of hydrogen-bond donors (Lipinski definition) is 1. The lowest BCUT2D eigenvalue weighted by atomic mass is 10.2. The van der Waals surface area contributed by atoms with Crippen LogP contribution in [0, 0.1) is 0 Å². The molecule has 2 aromatic carbocycles. The molecule has 0 unspecified atom stereocenters. The summed E-state index contributed by atoms with van der Waals surface area (Å²) in [7, 11) is 0. The fourth-order valence-corrected chi connectivity index (χ4v) is 2.09. The van der Waals surface area contributed by atoms with Crippen LogP contribution >= 0.6 is 0 Å². The van der Waals surface area contributed by atoms with Gasteiger partial charge in [0.1, 0.15) is 17.1 Å². The minimum atomic E-state index is -0.634. The molecule has 22 heavy (non-hydrogen) atoms. The van der Waals surface area contributed by atoms with E-state index >= 15 is 0 Å². The maximum atomic E-state index is 12.0. The van der Waals surface area contributed by atoms with E-state index in [1.54, 1.807) is 41.3 Å². The summed E-state index contributed by atoms with van der Waals surface area (Å²) in [6, 6.07) is 12.8. The monoisotopic (exact) mass is 299 g/mol. The highest BCUT2D eigenvalue weighted by Gasteiger charge is 2.13. The smallest absolute Gasteiger partial charge is 0.347 e. The molecule has 2 aromatic rings. The van der Waals surface area contributed by atoms with E-state index in [4.69, 9.17) is 4.74 Å². The molecule has 0 fully saturated rings. The van der Waals surface area contributed by atoms with E-state index in [-0.39, 0.29) is 17.2 Å². The minimum absolute atomic E-state index is 0.0542. The third kappa shape index (κ3) is 3.44. The number of esters is 1. The van der Waals surface area contributed by atoms with Gasteiger partial charge in [0.15, 0.2) is 0 Å². The summed E-state index contributed by atoms with van der Waals surface area (Å²) < 4.78 is 5.21. The zero-order valence-corrected chi connectivity index (χ0v) is 12.4. The molecule has 0 spiro atoms. The molecular formula is C17H17NO4. The van der Waals surface area contributed by atoms with Crippen molar-refractivity contribution in [2.45, 2.75) is 13.8 Å². The van der Waals surface area contributed by atoms with E-state index in [1.807, 2.05) is 6.92 Å². The summed E-state index contributed by atoms with van der Waals surface area (Å²) in [6.07, 6.45) is 0. The van der Waals surface area contributed by atoms with Gasteiger partial charge in [0, 0.05) is 19.2 Å². The number of rotatable bonds is 4. The lowest BCUT2D eigenvalue weighted by molar-refractivity contribution is -0.116. The number of phenols is 1. The summed E-state index contributed by atoms with van der Waals surface area (Å²) in [5, 5.41) is 9.62. The van der Waals surface area contributed by atoms with E-state index in [2.05, 4.69) is 0 Å². The highest BCUT2D eigenvalue weighted by Crippen LogP contribution is 2.22. The fourth-order valence-electron chi connectivity index (χ4n) is 2.09. The third-order valence-electron chi connectivity index (χ3n) is 3.18. The van der Waals surface area contributed by atoms with Gasteiger partial charge in [-0.05, 0) is 43.3 Å². The number of hydrogen-bond acceptors (Lipinski definition) is 4. The fraction of sp³-hybridized carbons (Fsp3) is 0.176. The number of benzene rings is 2. The van der Waals surface area contributed by atoms with Crippen LogP contribution in [0.2, 0.25) is 0 Å². The quantitative estimate of drug-likeness (QED) is 0.696. The average Bonchev–Trinajstić information content (AvgIpc) is 2.49. The number of anilines is 1. The molecular weight excluding hydrogens is 282 g/mol. The van der Waals surface area contributed by atoms with Crippen LogP contribution in [-0.2, 0) is 4.79 Å². The zero-order chi connectivity index (χ0) is 16.1. The number of ether oxygens (including phenoxy) is 1. The van der Waals surface area contributed by atoms with E-state index in [0.717, 1.165) is 5.69 Å². The van der Waals surface area contributed by atoms with Gasteiger partial charge >= 0.3 is 5.97 Å². The van der Waals surface area contributed by atoms with Crippen LogP contribution in [0.4, 0.5) is 5.69 Å². The summed E-state index contributed by atoms with van der Waals surface area (Å²) in [5.74, 6) is -0.472. The molecule has 2 rings (SSSR count). The van der Waals surface area contributed by atoms with Crippen molar-refractivity contribution in [1.82, 2.24) is 0 Å². The van der Waals surface area contributed by atoms with Crippen molar-refractivity contribution >= 4 is 17.6 Å². The molecule has 114 valence electrons. The Morgan fingerprint density at radius 3 is 2.27 bits per heavy atom. The molecule has 0 atom stereocenters. The van der Waals surface area contributed by atoms with Crippen molar-refractivity contribution in [3.63, 3.8) is 0 Å². The molecule has 0 heterocycles. The first kappa shape index (κ1) is 15.6. The third-order valence-corrected chi connectivity index (χ3v) is 3.18. The number of aromatic hydroxyl groups is 1. The van der Waals surface area contributed by atoms with Crippen LogP contribution in [0.15, 0.2) is 48.5 Å². The second kappa shape index (κ2) is 6.76. The van der Waals surface area contributed by atoms with Gasteiger partial charge in [-0.15, -0.1) is 0 Å². The second-order valence-electron chi connectivity index (χ2n) is 4.66. The molecule has 0 aliphatic rings. The minimum Gasteiger partial charge on any atom is -0.507 e. The Hall–Kier alpha value is -2.82. The lowest BCUT2D eigenvalue weighted by Gasteiger charge is -2.19. The second-order valence-corrected chi connectivity index (χ2v) is 4.66. The van der Waals surface area contributed by atoms with Crippen molar-refractivity contribution in [3.05, 3.63) is 54.1 Å². The van der Waals surface area contributed by atoms with Gasteiger partial charge in [0.2, 0.25) is 5.91 Å². The number of carbonyl (C=O) groups is 2. The largest absolute Gasteiger partial charge is 0.507 e. The molecule has 1 N–H and O–H groups in total. The van der Waals surface area contributed by atoms with Crippen molar-refractivity contribution in [2.24, 2.45) is 0 Å². The van der Waals surface area contributed by atoms with Gasteiger partial charge in [0.25, 0.3) is 0 Å². The van der Waals surface area contributed by atoms with Crippen LogP contribution in [-0.4, -0.2) is 23.5 Å². The van der Waals surface area contributed by atoms with Gasteiger partial charge in [-0.25, -0.2) is 4.79 Å². The normalized spacial score (nSPS) is 10.1. The Balaban J connectivity index is 2.13. The van der Waals surface area contributed by atoms with Gasteiger partial charge in [0.05, 0.1) is 0 Å². The van der Waals surface area contributed by atoms with E-state index in [1.165, 1.54) is 19.1 Å². The van der Waals surface area contributed by atoms with Crippen LogP contribution in [0.3, 0.4) is 0 Å². The highest BCUT2D eigenvalue weighted by molar-refractivity contribution is 5.94. The van der Waals surface area contributed by atoms with Gasteiger partial charge in [-0.2, -0.15) is 0 Å². The number of phenolic OH excluding ortho intramolecular Hbond substituents is 1. The van der Waals surface area contributed by atoms with Crippen LogP contribution in [0.1, 0.15) is 24.2 Å². The van der Waals surface area contributed by atoms with Crippen LogP contribution < -0.4 is 9.64 Å². The van der Waals surface area contributed by atoms with Crippen LogP contribution in [0.25, 0.3) is 0 Å². The predicted molar refractivity (Wildman–Crippen MR) is 83.2 cm³/mol. The molecule has 0 aromatic heterocycles. The van der Waals surface area contributed by atoms with E-state index < -0.39 is 5.97 Å². The van der Waals surface area contributed by atoms with Crippen molar-refractivity contribution < 1.29 is 19.4 Å². The van der Waals surface area contributed by atoms with E-state index in [0.29, 0.717) is 12.3 Å². The summed E-state index contributed by atoms with van der Waals surface area (Å²) >= 11 is 0. The first-order valence-corrected chi connectivity index (χ1v) is 6.91. The topological polar surface area (TPSA) is 66.8 Å². The first-order chi connectivity index (χ1) is 10.5. The summed E-state index contributed by atoms with van der Waals surface area (Å²) in [4.78, 5) is 25.1. The van der Waals surface area contributed by atoms with Crippen LogP contribution in [0.5, 0.6) is 11.5 Å². The van der Waals surface area contributed by atoms with Crippen molar-refractivity contribution in [3.8, 4) is 11.5 Å². The average molecular weight is 299 g/mol. The SMILES string of the molecule is CCN(C(C)=O)c1ccc(OC(=O)c2ccccc2O)cc1. The Morgan fingerprint density at radius 2 is 1.73 bits per heavy atom. The zero-order valence-electron chi connectivity index (χ0n) is 12.4. The Labute approximate surface area is 128 Å². The number of amides is 1. The molecule has 0 bridgehead atoms. The Kier molecular flexibility index (Phi) is 4.78. The van der Waals surface area contributed by atoms with Gasteiger partial charge in [-0.3, -0.25) is 4.79 Å². The van der Waals surface area contributed by atoms with Gasteiger partial charge in [-0.1, -0.05) is 12.1 Å². The van der Waals surface area contributed by atoms with Crippen molar-refractivity contribution in [1.29, 1.82) is 0 Å². The maximum absolute atomic E-state index is 12.0. The lowest BCUT2D eigenvalue weighted by Crippen LogP contribution is -2.27.